The highest BCUT2D eigenvalue weighted by Crippen LogP contribution is 2.24. The Kier molecular flexibility index (Phi) is 6.57. The summed E-state index contributed by atoms with van der Waals surface area (Å²) in [7, 11) is -4.13. The van der Waals surface area contributed by atoms with Crippen molar-refractivity contribution in [2.45, 2.75) is 24.2 Å². The maximum Gasteiger partial charge on any atom is 0.338 e. The number of benzene rings is 2. The minimum absolute atomic E-state index is 0.200. The van der Waals surface area contributed by atoms with Crippen molar-refractivity contribution in [1.82, 2.24) is 4.31 Å². The van der Waals surface area contributed by atoms with Gasteiger partial charge in [-0.25, -0.2) is 26.4 Å². The second kappa shape index (κ2) is 8.97. The van der Waals surface area contributed by atoms with Gasteiger partial charge in [-0.2, -0.15) is 4.31 Å². The summed E-state index contributed by atoms with van der Waals surface area (Å²) < 4.78 is 71.8. The van der Waals surface area contributed by atoms with E-state index in [1.807, 2.05) is 0 Å². The molecule has 0 spiro atoms. The normalized spacial score (nSPS) is 15.0. The van der Waals surface area contributed by atoms with Crippen molar-refractivity contribution >= 4 is 21.8 Å². The molecule has 10 heteroatoms. The molecule has 0 amide bonds. The lowest BCUT2D eigenvalue weighted by Gasteiger charge is -2.26. The summed E-state index contributed by atoms with van der Waals surface area (Å²) in [5, 5.41) is 0. The highest BCUT2D eigenvalue weighted by molar-refractivity contribution is 7.89. The molecule has 1 heterocycles. The number of halogens is 3. The van der Waals surface area contributed by atoms with Crippen molar-refractivity contribution in [2.75, 3.05) is 19.7 Å². The number of piperidine rings is 1. The number of Topliss-reactive ketones (excluding diaryl/α,β-unsaturated/α-hetero) is 1. The predicted octanol–water partition coefficient (Wildman–Crippen LogP) is 3.32. The predicted molar refractivity (Wildman–Crippen MR) is 100.0 cm³/mol. The maximum atomic E-state index is 14.2. The molecule has 0 radical (unpaired) electrons. The average Bonchev–Trinajstić information content (AvgIpc) is 2.74. The van der Waals surface area contributed by atoms with Crippen molar-refractivity contribution < 1.29 is 35.9 Å². The largest absolute Gasteiger partial charge is 0.454 e. The fourth-order valence-electron chi connectivity index (χ4n) is 3.04. The van der Waals surface area contributed by atoms with Gasteiger partial charge in [0.05, 0.1) is 5.56 Å². The molecule has 30 heavy (non-hydrogen) atoms. The number of sulfonamides is 1. The third kappa shape index (κ3) is 4.71. The molecule has 2 aromatic carbocycles. The first-order valence-corrected chi connectivity index (χ1v) is 10.6. The zero-order valence-electron chi connectivity index (χ0n) is 15.7. The van der Waals surface area contributed by atoms with Gasteiger partial charge in [-0.3, -0.25) is 4.79 Å². The molecule has 6 nitrogen and oxygen atoms in total. The summed E-state index contributed by atoms with van der Waals surface area (Å²) >= 11 is 0. The summed E-state index contributed by atoms with van der Waals surface area (Å²) in [6.45, 7) is -0.256. The van der Waals surface area contributed by atoms with Crippen LogP contribution < -0.4 is 0 Å². The summed E-state index contributed by atoms with van der Waals surface area (Å²) in [6.07, 6.45) is 2.20. The van der Waals surface area contributed by atoms with E-state index in [1.54, 1.807) is 0 Å². The number of ether oxygens (including phenoxy) is 1. The van der Waals surface area contributed by atoms with Gasteiger partial charge >= 0.3 is 5.97 Å². The number of carbonyl (C=O) groups is 2. The SMILES string of the molecule is O=C(COC(=O)c1ccc(F)c(S(=O)(=O)N2CCCCC2)c1)c1ccc(F)c(F)c1. The third-order valence-corrected chi connectivity index (χ3v) is 6.59. The van der Waals surface area contributed by atoms with Crippen LogP contribution in [0.15, 0.2) is 41.3 Å². The Morgan fingerprint density at radius 1 is 0.867 bits per heavy atom. The van der Waals surface area contributed by atoms with Crippen LogP contribution in [0.4, 0.5) is 13.2 Å². The number of hydrogen-bond donors (Lipinski definition) is 0. The molecule has 0 N–H and O–H groups in total. The molecular formula is C20H18F3NO5S. The minimum Gasteiger partial charge on any atom is -0.454 e. The van der Waals surface area contributed by atoms with Crippen LogP contribution >= 0.6 is 0 Å². The molecule has 0 aromatic heterocycles. The van der Waals surface area contributed by atoms with Crippen molar-refractivity contribution in [3.8, 4) is 0 Å². The molecule has 160 valence electrons. The maximum absolute atomic E-state index is 14.2. The number of rotatable bonds is 6. The van der Waals surface area contributed by atoms with E-state index < -0.39 is 50.7 Å². The first kappa shape index (κ1) is 22.0. The van der Waals surface area contributed by atoms with Crippen LogP contribution in [-0.2, 0) is 14.8 Å². The van der Waals surface area contributed by atoms with Crippen LogP contribution in [0, 0.1) is 17.5 Å². The summed E-state index contributed by atoms with van der Waals surface area (Å²) in [6, 6.07) is 5.22. The Labute approximate surface area is 171 Å². The quantitative estimate of drug-likeness (QED) is 0.508. The standard InChI is InChI=1S/C20H18F3NO5S/c21-15-6-4-13(10-17(15)23)18(25)12-29-20(26)14-5-7-16(22)19(11-14)30(27,28)24-8-2-1-3-9-24/h4-7,10-11H,1-3,8-9,12H2. The monoisotopic (exact) mass is 441 g/mol. The number of nitrogens with zero attached hydrogens (tertiary/aromatic N) is 1. The van der Waals surface area contributed by atoms with Crippen LogP contribution in [0.5, 0.6) is 0 Å². The Bertz CT molecular complexity index is 1080. The van der Waals surface area contributed by atoms with Crippen LogP contribution in [0.3, 0.4) is 0 Å². The van der Waals surface area contributed by atoms with E-state index in [9.17, 15) is 31.2 Å². The van der Waals surface area contributed by atoms with Crippen molar-refractivity contribution in [3.05, 3.63) is 65.0 Å². The van der Waals surface area contributed by atoms with Gasteiger partial charge in [-0.1, -0.05) is 6.42 Å². The van der Waals surface area contributed by atoms with Crippen molar-refractivity contribution in [1.29, 1.82) is 0 Å². The smallest absolute Gasteiger partial charge is 0.338 e. The van der Waals surface area contributed by atoms with E-state index in [1.165, 1.54) is 0 Å². The Balaban J connectivity index is 1.74. The van der Waals surface area contributed by atoms with Gasteiger partial charge in [0.2, 0.25) is 10.0 Å². The van der Waals surface area contributed by atoms with Crippen LogP contribution in [0.2, 0.25) is 0 Å². The van der Waals surface area contributed by atoms with Crippen LogP contribution in [-0.4, -0.2) is 44.2 Å². The number of carbonyl (C=O) groups excluding carboxylic acids is 2. The lowest BCUT2D eigenvalue weighted by atomic mass is 10.1. The molecule has 0 aliphatic carbocycles. The van der Waals surface area contributed by atoms with Gasteiger partial charge in [0, 0.05) is 18.7 Å². The number of hydrogen-bond acceptors (Lipinski definition) is 5. The topological polar surface area (TPSA) is 80.8 Å². The van der Waals surface area contributed by atoms with Gasteiger partial charge in [0.1, 0.15) is 10.7 Å². The minimum atomic E-state index is -4.13. The molecule has 3 rings (SSSR count). The molecule has 1 aliphatic heterocycles. The Hall–Kier alpha value is -2.72. The lowest BCUT2D eigenvalue weighted by molar-refractivity contribution is 0.0474. The first-order chi connectivity index (χ1) is 14.2. The average molecular weight is 441 g/mol. The fourth-order valence-corrected chi connectivity index (χ4v) is 4.65. The van der Waals surface area contributed by atoms with E-state index in [2.05, 4.69) is 0 Å². The molecule has 1 fully saturated rings. The zero-order chi connectivity index (χ0) is 21.9. The molecule has 0 saturated carbocycles. The van der Waals surface area contributed by atoms with Gasteiger partial charge in [-0.15, -0.1) is 0 Å². The van der Waals surface area contributed by atoms with E-state index in [0.29, 0.717) is 18.9 Å². The Morgan fingerprint density at radius 3 is 2.17 bits per heavy atom. The first-order valence-electron chi connectivity index (χ1n) is 9.15. The Morgan fingerprint density at radius 2 is 1.50 bits per heavy atom. The lowest BCUT2D eigenvalue weighted by Crippen LogP contribution is -2.36. The summed E-state index contributed by atoms with van der Waals surface area (Å²) in [5.41, 5.74) is -0.459. The molecule has 1 aliphatic rings. The van der Waals surface area contributed by atoms with Gasteiger partial charge in [-0.05, 0) is 49.2 Å². The van der Waals surface area contributed by atoms with Gasteiger partial charge in [0.25, 0.3) is 0 Å². The van der Waals surface area contributed by atoms with Gasteiger partial charge < -0.3 is 4.74 Å². The summed E-state index contributed by atoms with van der Waals surface area (Å²) in [5.74, 6) is -5.20. The highest BCUT2D eigenvalue weighted by atomic mass is 32.2. The molecule has 0 unspecified atom stereocenters. The van der Waals surface area contributed by atoms with E-state index in [-0.39, 0.29) is 24.2 Å². The number of ketones is 1. The van der Waals surface area contributed by atoms with Crippen molar-refractivity contribution in [2.24, 2.45) is 0 Å². The highest BCUT2D eigenvalue weighted by Gasteiger charge is 2.29. The second-order valence-electron chi connectivity index (χ2n) is 6.74. The van der Waals surface area contributed by atoms with E-state index in [4.69, 9.17) is 4.74 Å². The molecule has 1 saturated heterocycles. The summed E-state index contributed by atoms with van der Waals surface area (Å²) in [4.78, 5) is 23.6. The van der Waals surface area contributed by atoms with Crippen LogP contribution in [0.25, 0.3) is 0 Å². The molecule has 0 atom stereocenters. The molecular weight excluding hydrogens is 423 g/mol. The van der Waals surface area contributed by atoms with E-state index >= 15 is 0 Å². The third-order valence-electron chi connectivity index (χ3n) is 4.68. The number of esters is 1. The molecule has 0 bridgehead atoms. The van der Waals surface area contributed by atoms with Crippen molar-refractivity contribution in [3.63, 3.8) is 0 Å². The van der Waals surface area contributed by atoms with Crippen LogP contribution in [0.1, 0.15) is 40.0 Å². The fraction of sp³-hybridized carbons (Fsp3) is 0.300. The zero-order valence-corrected chi connectivity index (χ0v) is 16.6. The second-order valence-corrected chi connectivity index (χ2v) is 8.64. The van der Waals surface area contributed by atoms with E-state index in [0.717, 1.165) is 41.1 Å². The van der Waals surface area contributed by atoms with Gasteiger partial charge in [0.15, 0.2) is 24.0 Å². The molecule has 2 aromatic rings.